The van der Waals surface area contributed by atoms with Crippen LogP contribution in [0.5, 0.6) is 0 Å². The summed E-state index contributed by atoms with van der Waals surface area (Å²) in [6.07, 6.45) is 1.15. The summed E-state index contributed by atoms with van der Waals surface area (Å²) in [6.45, 7) is 8.50. The van der Waals surface area contributed by atoms with Crippen molar-refractivity contribution in [3.05, 3.63) is 29.6 Å². The molecule has 3 heteroatoms. The molecule has 1 fully saturated rings. The lowest BCUT2D eigenvalue weighted by atomic mass is 9.88. The lowest BCUT2D eigenvalue weighted by Gasteiger charge is -2.37. The average Bonchev–Trinajstić information content (AvgIpc) is 2.41. The van der Waals surface area contributed by atoms with Crippen LogP contribution in [0.2, 0.25) is 0 Å². The van der Waals surface area contributed by atoms with Gasteiger partial charge in [-0.1, -0.05) is 19.9 Å². The van der Waals surface area contributed by atoms with E-state index < -0.39 is 0 Å². The normalized spacial score (nSPS) is 25.4. The quantitative estimate of drug-likeness (QED) is 0.897. The maximum atomic E-state index is 14.3. The summed E-state index contributed by atoms with van der Waals surface area (Å²) in [5.41, 5.74) is 1.76. The molecule has 1 aliphatic rings. The zero-order valence-electron chi connectivity index (χ0n) is 12.4. The van der Waals surface area contributed by atoms with Gasteiger partial charge in [0.1, 0.15) is 5.82 Å². The van der Waals surface area contributed by atoms with Crippen molar-refractivity contribution in [2.45, 2.75) is 33.2 Å². The Kier molecular flexibility index (Phi) is 4.46. The molecule has 1 aromatic carbocycles. The Morgan fingerprint density at radius 2 is 2.05 bits per heavy atom. The SMILES string of the molecule is CNC(C)c1ccc(N2CCC(C)C(C)C2)c(F)c1. The molecule has 1 aromatic rings. The van der Waals surface area contributed by atoms with Crippen molar-refractivity contribution < 1.29 is 4.39 Å². The molecule has 0 aliphatic carbocycles. The number of anilines is 1. The van der Waals surface area contributed by atoms with Crippen LogP contribution in [0.15, 0.2) is 18.2 Å². The van der Waals surface area contributed by atoms with Crippen molar-refractivity contribution in [3.8, 4) is 0 Å². The van der Waals surface area contributed by atoms with Crippen LogP contribution in [-0.2, 0) is 0 Å². The minimum Gasteiger partial charge on any atom is -0.369 e. The second-order valence-electron chi connectivity index (χ2n) is 5.91. The monoisotopic (exact) mass is 264 g/mol. The standard InChI is InChI=1S/C16H25FN2/c1-11-7-8-19(10-12(11)2)16-6-5-14(9-15(16)17)13(3)18-4/h5-6,9,11-13,18H,7-8,10H2,1-4H3. The number of piperidine rings is 1. The molecule has 3 atom stereocenters. The first-order valence-electron chi connectivity index (χ1n) is 7.24. The second kappa shape index (κ2) is 5.91. The fourth-order valence-electron chi connectivity index (χ4n) is 2.70. The van der Waals surface area contributed by atoms with Gasteiger partial charge in [0.25, 0.3) is 0 Å². The molecule has 2 rings (SSSR count). The Hall–Kier alpha value is -1.09. The third-order valence-corrected chi connectivity index (χ3v) is 4.58. The molecular weight excluding hydrogens is 239 g/mol. The lowest BCUT2D eigenvalue weighted by Crippen LogP contribution is -2.38. The van der Waals surface area contributed by atoms with E-state index in [0.717, 1.165) is 36.7 Å². The molecule has 0 bridgehead atoms. The third kappa shape index (κ3) is 3.08. The van der Waals surface area contributed by atoms with Gasteiger partial charge in [0.15, 0.2) is 0 Å². The van der Waals surface area contributed by atoms with E-state index in [-0.39, 0.29) is 11.9 Å². The van der Waals surface area contributed by atoms with Gasteiger partial charge in [-0.3, -0.25) is 0 Å². The highest BCUT2D eigenvalue weighted by molar-refractivity contribution is 5.50. The summed E-state index contributed by atoms with van der Waals surface area (Å²) >= 11 is 0. The molecule has 1 N–H and O–H groups in total. The van der Waals surface area contributed by atoms with E-state index in [4.69, 9.17) is 0 Å². The Bertz CT molecular complexity index is 433. The molecule has 3 unspecified atom stereocenters. The Morgan fingerprint density at radius 3 is 2.63 bits per heavy atom. The number of nitrogens with one attached hydrogen (secondary N) is 1. The van der Waals surface area contributed by atoms with Crippen LogP contribution in [-0.4, -0.2) is 20.1 Å². The van der Waals surface area contributed by atoms with Crippen molar-refractivity contribution in [2.75, 3.05) is 25.0 Å². The Balaban J connectivity index is 2.17. The maximum Gasteiger partial charge on any atom is 0.146 e. The van der Waals surface area contributed by atoms with Gasteiger partial charge >= 0.3 is 0 Å². The lowest BCUT2D eigenvalue weighted by molar-refractivity contribution is 0.322. The van der Waals surface area contributed by atoms with Gasteiger partial charge in [0.05, 0.1) is 5.69 Å². The summed E-state index contributed by atoms with van der Waals surface area (Å²) in [7, 11) is 1.89. The molecular formula is C16H25FN2. The topological polar surface area (TPSA) is 15.3 Å². The van der Waals surface area contributed by atoms with Crippen molar-refractivity contribution in [2.24, 2.45) is 11.8 Å². The number of benzene rings is 1. The van der Waals surface area contributed by atoms with Gasteiger partial charge in [-0.15, -0.1) is 0 Å². The first-order valence-corrected chi connectivity index (χ1v) is 7.24. The maximum absolute atomic E-state index is 14.3. The van der Waals surface area contributed by atoms with E-state index in [1.54, 1.807) is 6.07 Å². The van der Waals surface area contributed by atoms with Crippen LogP contribution in [0, 0.1) is 17.7 Å². The molecule has 2 nitrogen and oxygen atoms in total. The van der Waals surface area contributed by atoms with Gasteiger partial charge in [-0.2, -0.15) is 0 Å². The number of halogens is 1. The summed E-state index contributed by atoms with van der Waals surface area (Å²) in [4.78, 5) is 2.19. The van der Waals surface area contributed by atoms with Crippen molar-refractivity contribution in [1.82, 2.24) is 5.32 Å². The van der Waals surface area contributed by atoms with E-state index in [1.165, 1.54) is 0 Å². The molecule has 0 aromatic heterocycles. The second-order valence-corrected chi connectivity index (χ2v) is 5.91. The van der Waals surface area contributed by atoms with E-state index >= 15 is 0 Å². The predicted octanol–water partition coefficient (Wildman–Crippen LogP) is 3.59. The molecule has 1 heterocycles. The highest BCUT2D eigenvalue weighted by Crippen LogP contribution is 2.29. The molecule has 1 aliphatic heterocycles. The highest BCUT2D eigenvalue weighted by Gasteiger charge is 2.24. The minimum atomic E-state index is -0.0960. The highest BCUT2D eigenvalue weighted by atomic mass is 19.1. The van der Waals surface area contributed by atoms with Crippen molar-refractivity contribution >= 4 is 5.69 Å². The first kappa shape index (κ1) is 14.3. The molecule has 106 valence electrons. The van der Waals surface area contributed by atoms with Crippen LogP contribution < -0.4 is 10.2 Å². The zero-order valence-corrected chi connectivity index (χ0v) is 12.4. The fraction of sp³-hybridized carbons (Fsp3) is 0.625. The van der Waals surface area contributed by atoms with Crippen LogP contribution in [0.25, 0.3) is 0 Å². The van der Waals surface area contributed by atoms with E-state index in [0.29, 0.717) is 5.92 Å². The molecule has 0 saturated carbocycles. The van der Waals surface area contributed by atoms with Crippen LogP contribution in [0.3, 0.4) is 0 Å². The Morgan fingerprint density at radius 1 is 1.32 bits per heavy atom. The minimum absolute atomic E-state index is 0.0960. The number of hydrogen-bond donors (Lipinski definition) is 1. The van der Waals surface area contributed by atoms with E-state index in [1.807, 2.05) is 26.1 Å². The van der Waals surface area contributed by atoms with Gasteiger partial charge in [-0.25, -0.2) is 4.39 Å². The first-order chi connectivity index (χ1) is 9.02. The van der Waals surface area contributed by atoms with Crippen LogP contribution in [0.1, 0.15) is 38.8 Å². The van der Waals surface area contributed by atoms with Crippen LogP contribution in [0.4, 0.5) is 10.1 Å². The smallest absolute Gasteiger partial charge is 0.146 e. The van der Waals surface area contributed by atoms with Crippen molar-refractivity contribution in [3.63, 3.8) is 0 Å². The van der Waals surface area contributed by atoms with Gasteiger partial charge in [-0.05, 0) is 49.9 Å². The van der Waals surface area contributed by atoms with Gasteiger partial charge in [0, 0.05) is 19.1 Å². The van der Waals surface area contributed by atoms with Gasteiger partial charge in [0.2, 0.25) is 0 Å². The predicted molar refractivity (Wildman–Crippen MR) is 79.0 cm³/mol. The number of hydrogen-bond acceptors (Lipinski definition) is 2. The summed E-state index contributed by atoms with van der Waals surface area (Å²) in [5.74, 6) is 1.27. The number of rotatable bonds is 3. The number of nitrogens with zero attached hydrogens (tertiary/aromatic N) is 1. The zero-order chi connectivity index (χ0) is 14.0. The molecule has 0 amide bonds. The molecule has 1 saturated heterocycles. The van der Waals surface area contributed by atoms with E-state index in [9.17, 15) is 4.39 Å². The summed E-state index contributed by atoms with van der Waals surface area (Å²) < 4.78 is 14.3. The molecule has 19 heavy (non-hydrogen) atoms. The van der Waals surface area contributed by atoms with Crippen molar-refractivity contribution in [1.29, 1.82) is 0 Å². The largest absolute Gasteiger partial charge is 0.369 e. The fourth-order valence-corrected chi connectivity index (χ4v) is 2.70. The van der Waals surface area contributed by atoms with Gasteiger partial charge < -0.3 is 10.2 Å². The van der Waals surface area contributed by atoms with Crippen LogP contribution >= 0.6 is 0 Å². The molecule has 0 radical (unpaired) electrons. The average molecular weight is 264 g/mol. The summed E-state index contributed by atoms with van der Waals surface area (Å²) in [5, 5.41) is 3.14. The summed E-state index contributed by atoms with van der Waals surface area (Å²) in [6, 6.07) is 5.81. The third-order valence-electron chi connectivity index (χ3n) is 4.58. The Labute approximate surface area is 116 Å². The molecule has 0 spiro atoms. The van der Waals surface area contributed by atoms with E-state index in [2.05, 4.69) is 24.1 Å².